The van der Waals surface area contributed by atoms with Gasteiger partial charge in [0.2, 0.25) is 0 Å². The molecule has 33 heavy (non-hydrogen) atoms. The fourth-order valence-corrected chi connectivity index (χ4v) is 7.28. The van der Waals surface area contributed by atoms with Gasteiger partial charge < -0.3 is 15.8 Å². The highest BCUT2D eigenvalue weighted by molar-refractivity contribution is 9.11. The van der Waals surface area contributed by atoms with E-state index in [1.807, 2.05) is 6.07 Å². The SMILES string of the molecule is COc1ccc(C=C2Sc3ccc(S(=O)(=O)Cc4c(Br)cccc4Br)cc3NC2=O)cc1N. The zero-order valence-electron chi connectivity index (χ0n) is 17.3. The summed E-state index contributed by atoms with van der Waals surface area (Å²) in [6, 6.07) is 15.5. The van der Waals surface area contributed by atoms with Crippen LogP contribution in [0, 0.1) is 0 Å². The first-order chi connectivity index (χ1) is 15.7. The number of nitrogen functional groups attached to an aromatic ring is 1. The van der Waals surface area contributed by atoms with Crippen molar-refractivity contribution in [1.82, 2.24) is 0 Å². The fraction of sp³-hybridized carbons (Fsp3) is 0.0870. The number of methoxy groups -OCH3 is 1. The highest BCUT2D eigenvalue weighted by Crippen LogP contribution is 2.41. The van der Waals surface area contributed by atoms with Gasteiger partial charge >= 0.3 is 0 Å². The molecule has 170 valence electrons. The molecular formula is C23H18Br2N2O4S2. The van der Waals surface area contributed by atoms with Crippen LogP contribution in [0.3, 0.4) is 0 Å². The Labute approximate surface area is 212 Å². The maximum Gasteiger partial charge on any atom is 0.262 e. The predicted octanol–water partition coefficient (Wildman–Crippen LogP) is 5.86. The molecule has 0 unspecified atom stereocenters. The zero-order valence-corrected chi connectivity index (χ0v) is 22.1. The average molecular weight is 610 g/mol. The van der Waals surface area contributed by atoms with Crippen molar-refractivity contribution in [3.8, 4) is 5.75 Å². The van der Waals surface area contributed by atoms with Crippen LogP contribution in [-0.2, 0) is 20.4 Å². The van der Waals surface area contributed by atoms with Crippen LogP contribution in [0.2, 0.25) is 0 Å². The lowest BCUT2D eigenvalue weighted by atomic mass is 10.1. The van der Waals surface area contributed by atoms with Crippen LogP contribution in [0.25, 0.3) is 6.08 Å². The molecule has 1 aliphatic rings. The summed E-state index contributed by atoms with van der Waals surface area (Å²) in [7, 11) is -2.10. The number of carbonyl (C=O) groups excluding carboxylic acids is 1. The van der Waals surface area contributed by atoms with Crippen LogP contribution in [0.15, 0.2) is 78.2 Å². The minimum absolute atomic E-state index is 0.139. The summed E-state index contributed by atoms with van der Waals surface area (Å²) >= 11 is 8.09. The number of ether oxygens (including phenoxy) is 1. The molecule has 0 radical (unpaired) electrons. The Bertz CT molecular complexity index is 1390. The van der Waals surface area contributed by atoms with E-state index in [4.69, 9.17) is 10.5 Å². The molecule has 1 aliphatic heterocycles. The van der Waals surface area contributed by atoms with Gasteiger partial charge in [-0.1, -0.05) is 55.8 Å². The number of anilines is 2. The number of benzene rings is 3. The molecule has 10 heteroatoms. The highest BCUT2D eigenvalue weighted by atomic mass is 79.9. The van der Waals surface area contributed by atoms with E-state index < -0.39 is 9.84 Å². The molecule has 0 bridgehead atoms. The zero-order chi connectivity index (χ0) is 23.8. The second kappa shape index (κ2) is 9.54. The lowest BCUT2D eigenvalue weighted by Gasteiger charge is -2.20. The number of fused-ring (bicyclic) bond motifs is 1. The molecule has 1 heterocycles. The van der Waals surface area contributed by atoms with Crippen LogP contribution >= 0.6 is 43.6 Å². The predicted molar refractivity (Wildman–Crippen MR) is 139 cm³/mol. The Morgan fingerprint density at radius 1 is 1.09 bits per heavy atom. The number of hydrogen-bond donors (Lipinski definition) is 2. The number of hydrogen-bond acceptors (Lipinski definition) is 6. The summed E-state index contributed by atoms with van der Waals surface area (Å²) < 4.78 is 32.7. The number of thioether (sulfide) groups is 1. The number of rotatable bonds is 5. The molecule has 0 saturated carbocycles. The third-order valence-corrected chi connectivity index (χ3v) is 9.18. The van der Waals surface area contributed by atoms with Gasteiger partial charge in [-0.25, -0.2) is 8.42 Å². The summed E-state index contributed by atoms with van der Waals surface area (Å²) in [6.45, 7) is 0. The second-order valence-electron chi connectivity index (χ2n) is 7.18. The number of amides is 1. The van der Waals surface area contributed by atoms with E-state index in [0.717, 1.165) is 10.5 Å². The quantitative estimate of drug-likeness (QED) is 0.278. The molecule has 1 amide bonds. The minimum Gasteiger partial charge on any atom is -0.495 e. The molecule has 0 saturated heterocycles. The van der Waals surface area contributed by atoms with Crippen molar-refractivity contribution in [3.63, 3.8) is 0 Å². The van der Waals surface area contributed by atoms with Crippen molar-refractivity contribution in [2.45, 2.75) is 15.5 Å². The topological polar surface area (TPSA) is 98.5 Å². The molecule has 0 atom stereocenters. The Morgan fingerprint density at radius 3 is 2.48 bits per heavy atom. The largest absolute Gasteiger partial charge is 0.495 e. The van der Waals surface area contributed by atoms with Crippen molar-refractivity contribution in [2.24, 2.45) is 0 Å². The van der Waals surface area contributed by atoms with Gasteiger partial charge in [0.05, 0.1) is 34.0 Å². The van der Waals surface area contributed by atoms with Crippen molar-refractivity contribution in [1.29, 1.82) is 0 Å². The molecule has 6 nitrogen and oxygen atoms in total. The fourth-order valence-electron chi connectivity index (χ4n) is 3.27. The highest BCUT2D eigenvalue weighted by Gasteiger charge is 2.25. The van der Waals surface area contributed by atoms with E-state index in [1.165, 1.54) is 24.9 Å². The van der Waals surface area contributed by atoms with E-state index in [2.05, 4.69) is 37.2 Å². The van der Waals surface area contributed by atoms with E-state index in [1.54, 1.807) is 48.5 Å². The smallest absolute Gasteiger partial charge is 0.262 e. The monoisotopic (exact) mass is 608 g/mol. The van der Waals surface area contributed by atoms with Gasteiger partial charge in [0.1, 0.15) is 5.75 Å². The van der Waals surface area contributed by atoms with E-state index in [0.29, 0.717) is 36.5 Å². The van der Waals surface area contributed by atoms with E-state index >= 15 is 0 Å². The first-order valence-electron chi connectivity index (χ1n) is 9.62. The van der Waals surface area contributed by atoms with Gasteiger partial charge in [0.15, 0.2) is 9.84 Å². The van der Waals surface area contributed by atoms with Gasteiger partial charge in [0.25, 0.3) is 5.91 Å². The van der Waals surface area contributed by atoms with Crippen LogP contribution in [0.5, 0.6) is 5.75 Å². The van der Waals surface area contributed by atoms with Crippen molar-refractivity contribution >= 4 is 76.8 Å². The van der Waals surface area contributed by atoms with Gasteiger partial charge in [-0.15, -0.1) is 0 Å². The van der Waals surface area contributed by atoms with E-state index in [-0.39, 0.29) is 16.6 Å². The third kappa shape index (κ3) is 5.13. The Kier molecular flexibility index (Phi) is 6.90. The molecule has 0 aliphatic carbocycles. The number of nitrogens with two attached hydrogens (primary N) is 1. The second-order valence-corrected chi connectivity index (χ2v) is 12.0. The standard InChI is InChI=1S/C23H18Br2N2O4S2/c1-31-20-7-5-13(9-18(20)26)10-22-23(28)27-19-11-14(6-8-21(19)32-22)33(29,30)12-15-16(24)3-2-4-17(15)25/h2-11H,12,26H2,1H3,(H,27,28). The van der Waals surface area contributed by atoms with Crippen molar-refractivity contribution in [2.75, 3.05) is 18.2 Å². The first kappa shape index (κ1) is 23.9. The lowest BCUT2D eigenvalue weighted by molar-refractivity contribution is -0.112. The summed E-state index contributed by atoms with van der Waals surface area (Å²) in [6.07, 6.45) is 1.73. The molecule has 0 fully saturated rings. The number of halogens is 2. The molecule has 0 spiro atoms. The number of nitrogens with one attached hydrogen (secondary N) is 1. The molecule has 4 rings (SSSR count). The Hall–Kier alpha value is -2.27. The van der Waals surface area contributed by atoms with Crippen molar-refractivity contribution < 1.29 is 17.9 Å². The van der Waals surface area contributed by atoms with Crippen LogP contribution < -0.4 is 15.8 Å². The summed E-state index contributed by atoms with van der Waals surface area (Å²) in [5.74, 6) is 0.0652. The molecule has 3 aromatic rings. The van der Waals surface area contributed by atoms with Crippen LogP contribution in [-0.4, -0.2) is 21.4 Å². The normalized spacial score (nSPS) is 14.6. The minimum atomic E-state index is -3.64. The van der Waals surface area contributed by atoms with Crippen LogP contribution in [0.1, 0.15) is 11.1 Å². The molecule has 3 N–H and O–H groups in total. The maximum absolute atomic E-state index is 13.1. The third-order valence-electron chi connectivity index (χ3n) is 4.95. The first-order valence-corrected chi connectivity index (χ1v) is 13.7. The maximum atomic E-state index is 13.1. The summed E-state index contributed by atoms with van der Waals surface area (Å²) in [5, 5.41) is 2.80. The van der Waals surface area contributed by atoms with Gasteiger partial charge in [-0.2, -0.15) is 0 Å². The summed E-state index contributed by atoms with van der Waals surface area (Å²) in [4.78, 5) is 14.1. The van der Waals surface area contributed by atoms with Gasteiger partial charge in [0, 0.05) is 13.8 Å². The number of carbonyl (C=O) groups is 1. The lowest BCUT2D eigenvalue weighted by Crippen LogP contribution is -2.18. The van der Waals surface area contributed by atoms with Gasteiger partial charge in [-0.3, -0.25) is 4.79 Å². The van der Waals surface area contributed by atoms with E-state index in [9.17, 15) is 13.2 Å². The number of sulfone groups is 1. The van der Waals surface area contributed by atoms with Crippen LogP contribution in [0.4, 0.5) is 11.4 Å². The Balaban J connectivity index is 1.61. The molecule has 0 aromatic heterocycles. The van der Waals surface area contributed by atoms with Gasteiger partial charge in [-0.05, 0) is 59.7 Å². The summed E-state index contributed by atoms with van der Waals surface area (Å²) in [5.41, 5.74) is 8.28. The molecular weight excluding hydrogens is 592 g/mol. The van der Waals surface area contributed by atoms with Crippen molar-refractivity contribution in [3.05, 3.63) is 79.6 Å². The average Bonchev–Trinajstić information content (AvgIpc) is 2.77. The Morgan fingerprint density at radius 2 is 1.82 bits per heavy atom. The molecule has 3 aromatic carbocycles.